The van der Waals surface area contributed by atoms with Crippen molar-refractivity contribution in [3.63, 3.8) is 0 Å². The van der Waals surface area contributed by atoms with E-state index in [0.717, 1.165) is 0 Å². The highest BCUT2D eigenvalue weighted by Gasteiger charge is 2.25. The first-order chi connectivity index (χ1) is 4.50. The molecule has 0 saturated heterocycles. The molecule has 0 bridgehead atoms. The van der Waals surface area contributed by atoms with Crippen LogP contribution in [0.15, 0.2) is 12.3 Å². The lowest BCUT2D eigenvalue weighted by atomic mass is 10.5. The fraction of sp³-hybridized carbons (Fsp3) is 0.400. The summed E-state index contributed by atoms with van der Waals surface area (Å²) in [6.07, 6.45) is 4.41. The average Bonchev–Trinajstić information content (AvgIpc) is 2.11. The maximum absolute atomic E-state index is 10.4. The van der Waals surface area contributed by atoms with Crippen LogP contribution in [0.25, 0.3) is 0 Å². The van der Waals surface area contributed by atoms with Gasteiger partial charge in [-0.3, -0.25) is 4.55 Å². The molecule has 0 spiro atoms. The smallest absolute Gasteiger partial charge is 0.281 e. The Balaban J connectivity index is 2.93. The normalized spacial score (nSPS) is 25.0. The van der Waals surface area contributed by atoms with Crippen LogP contribution >= 0.6 is 0 Å². The highest BCUT2D eigenvalue weighted by atomic mass is 32.2. The average molecular weight is 162 g/mol. The highest BCUT2D eigenvalue weighted by Crippen LogP contribution is 2.02. The Morgan fingerprint density at radius 3 is 2.40 bits per heavy atom. The van der Waals surface area contributed by atoms with Gasteiger partial charge in [0.1, 0.15) is 7.05 Å². The molecule has 5 heteroatoms. The van der Waals surface area contributed by atoms with Gasteiger partial charge in [0.05, 0.1) is 0 Å². The summed E-state index contributed by atoms with van der Waals surface area (Å²) in [5.74, 6) is 0. The predicted molar refractivity (Wildman–Crippen MR) is 36.7 cm³/mol. The Morgan fingerprint density at radius 2 is 2.20 bits per heavy atom. The first kappa shape index (κ1) is 7.43. The van der Waals surface area contributed by atoms with E-state index in [1.165, 1.54) is 12.3 Å². The molecule has 1 N–H and O–H groups in total. The summed E-state index contributed by atoms with van der Waals surface area (Å²) < 4.78 is 30.9. The van der Waals surface area contributed by atoms with E-state index in [9.17, 15) is 8.42 Å². The van der Waals surface area contributed by atoms with Gasteiger partial charge in [0, 0.05) is 6.08 Å². The van der Waals surface area contributed by atoms with Gasteiger partial charge in [-0.15, -0.1) is 0 Å². The zero-order valence-corrected chi connectivity index (χ0v) is 6.25. The summed E-state index contributed by atoms with van der Waals surface area (Å²) in [7, 11) is -2.22. The molecule has 0 aliphatic carbocycles. The van der Waals surface area contributed by atoms with Gasteiger partial charge in [0.25, 0.3) is 10.1 Å². The highest BCUT2D eigenvalue weighted by molar-refractivity contribution is 7.87. The van der Waals surface area contributed by atoms with Crippen molar-refractivity contribution < 1.29 is 17.5 Å². The lowest BCUT2D eigenvalue weighted by molar-refractivity contribution is -0.413. The summed E-state index contributed by atoms with van der Waals surface area (Å²) in [5, 5.41) is -0.863. The maximum atomic E-state index is 10.4. The minimum absolute atomic E-state index is 0.863. The number of hydrogen-bond acceptors (Lipinski definition) is 2. The molecule has 1 atom stereocenters. The Hall–Kier alpha value is -0.680. The van der Waals surface area contributed by atoms with Gasteiger partial charge >= 0.3 is 0 Å². The second-order valence-electron chi connectivity index (χ2n) is 2.14. The van der Waals surface area contributed by atoms with Crippen LogP contribution in [0.2, 0.25) is 0 Å². The van der Waals surface area contributed by atoms with E-state index >= 15 is 0 Å². The molecule has 0 radical (unpaired) electrons. The van der Waals surface area contributed by atoms with Gasteiger partial charge in [0.15, 0.2) is 17.7 Å². The second kappa shape index (κ2) is 2.17. The maximum Gasteiger partial charge on any atom is 0.281 e. The van der Waals surface area contributed by atoms with Gasteiger partial charge < -0.3 is 0 Å². The van der Waals surface area contributed by atoms with Crippen LogP contribution in [-0.2, 0) is 10.1 Å². The summed E-state index contributed by atoms with van der Waals surface area (Å²) in [4.78, 5) is 0. The standard InChI is InChI=1S/C5H7NO3S/c1-6-3-2-5(4-6)10(7,8)9/h2-5H,1H3/p+1. The zero-order valence-electron chi connectivity index (χ0n) is 5.43. The minimum Gasteiger partial charge on any atom is -0.285 e. The van der Waals surface area contributed by atoms with E-state index in [-0.39, 0.29) is 0 Å². The van der Waals surface area contributed by atoms with E-state index in [4.69, 9.17) is 4.55 Å². The van der Waals surface area contributed by atoms with Crippen LogP contribution in [-0.4, -0.2) is 36.1 Å². The molecule has 1 aliphatic rings. The summed E-state index contributed by atoms with van der Waals surface area (Å²) in [5.41, 5.74) is 0. The molecule has 4 nitrogen and oxygen atoms in total. The number of hydrogen-bond donors (Lipinski definition) is 1. The Morgan fingerprint density at radius 1 is 1.60 bits per heavy atom. The predicted octanol–water partition coefficient (Wildman–Crippen LogP) is -0.517. The molecule has 0 aromatic rings. The Labute approximate surface area is 59.2 Å². The van der Waals surface area contributed by atoms with E-state index < -0.39 is 15.4 Å². The fourth-order valence-electron chi connectivity index (χ4n) is 0.728. The third-order valence-electron chi connectivity index (χ3n) is 1.24. The van der Waals surface area contributed by atoms with Crippen LogP contribution in [0, 0.1) is 0 Å². The molecule has 56 valence electrons. The van der Waals surface area contributed by atoms with Crippen LogP contribution in [0.1, 0.15) is 0 Å². The summed E-state index contributed by atoms with van der Waals surface area (Å²) in [6, 6.07) is 0. The van der Waals surface area contributed by atoms with Crippen molar-refractivity contribution in [2.75, 3.05) is 7.05 Å². The van der Waals surface area contributed by atoms with Crippen molar-refractivity contribution in [1.29, 1.82) is 0 Å². The van der Waals surface area contributed by atoms with Crippen molar-refractivity contribution in [3.8, 4) is 0 Å². The largest absolute Gasteiger partial charge is 0.285 e. The molecule has 0 aromatic carbocycles. The monoisotopic (exact) mass is 162 g/mol. The van der Waals surface area contributed by atoms with E-state index in [1.54, 1.807) is 17.8 Å². The molecule has 0 saturated carbocycles. The van der Waals surface area contributed by atoms with Crippen LogP contribution in [0.5, 0.6) is 0 Å². The summed E-state index contributed by atoms with van der Waals surface area (Å²) >= 11 is 0. The third-order valence-corrected chi connectivity index (χ3v) is 2.20. The van der Waals surface area contributed by atoms with Gasteiger partial charge in [0.2, 0.25) is 0 Å². The third kappa shape index (κ3) is 1.43. The zero-order chi connectivity index (χ0) is 7.78. The molecular formula is C5H8NO3S+. The molecule has 1 unspecified atom stereocenters. The summed E-state index contributed by atoms with van der Waals surface area (Å²) in [6.45, 7) is 0. The van der Waals surface area contributed by atoms with Crippen molar-refractivity contribution >= 4 is 16.3 Å². The van der Waals surface area contributed by atoms with Crippen LogP contribution in [0.4, 0.5) is 0 Å². The van der Waals surface area contributed by atoms with Crippen molar-refractivity contribution in [3.05, 3.63) is 12.3 Å². The quantitative estimate of drug-likeness (QED) is 0.417. The van der Waals surface area contributed by atoms with E-state index in [0.29, 0.717) is 0 Å². The molecule has 0 aromatic heterocycles. The lowest BCUT2D eigenvalue weighted by Gasteiger charge is -1.92. The number of nitrogens with zero attached hydrogens (tertiary/aromatic N) is 1. The Bertz CT molecular complexity index is 288. The molecule has 10 heavy (non-hydrogen) atoms. The first-order valence-electron chi connectivity index (χ1n) is 2.72. The van der Waals surface area contributed by atoms with E-state index in [2.05, 4.69) is 0 Å². The van der Waals surface area contributed by atoms with Crippen molar-refractivity contribution in [1.82, 2.24) is 0 Å². The Kier molecular flexibility index (Phi) is 1.61. The van der Waals surface area contributed by atoms with Gasteiger partial charge in [-0.1, -0.05) is 0 Å². The minimum atomic E-state index is -3.92. The molecule has 1 rings (SSSR count). The van der Waals surface area contributed by atoms with Gasteiger partial charge in [-0.2, -0.15) is 8.42 Å². The van der Waals surface area contributed by atoms with Gasteiger partial charge in [-0.25, -0.2) is 4.58 Å². The van der Waals surface area contributed by atoms with E-state index in [1.807, 2.05) is 0 Å². The fourth-order valence-corrected chi connectivity index (χ4v) is 1.34. The van der Waals surface area contributed by atoms with Crippen molar-refractivity contribution in [2.24, 2.45) is 0 Å². The molecule has 1 aliphatic heterocycles. The van der Waals surface area contributed by atoms with Gasteiger partial charge in [-0.05, 0) is 0 Å². The molecular weight excluding hydrogens is 154 g/mol. The molecule has 0 amide bonds. The van der Waals surface area contributed by atoms with Crippen LogP contribution in [0.3, 0.4) is 0 Å². The first-order valence-corrected chi connectivity index (χ1v) is 4.22. The number of rotatable bonds is 1. The second-order valence-corrected chi connectivity index (χ2v) is 3.71. The lowest BCUT2D eigenvalue weighted by Crippen LogP contribution is -2.18. The molecule has 1 heterocycles. The topological polar surface area (TPSA) is 57.4 Å². The van der Waals surface area contributed by atoms with Crippen LogP contribution < -0.4 is 0 Å². The SMILES string of the molecule is C[N+]1=CC(S(=O)(=O)O)C=C1. The van der Waals surface area contributed by atoms with Crippen molar-refractivity contribution in [2.45, 2.75) is 5.25 Å². The molecule has 0 fully saturated rings.